The van der Waals surface area contributed by atoms with Crippen LogP contribution in [0.25, 0.3) is 0 Å². The average Bonchev–Trinajstić information content (AvgIpc) is 2.72. The Hall–Kier alpha value is -2.69. The van der Waals surface area contributed by atoms with E-state index in [1.807, 2.05) is 29.2 Å². The van der Waals surface area contributed by atoms with Crippen molar-refractivity contribution in [3.63, 3.8) is 0 Å². The van der Waals surface area contributed by atoms with Crippen LogP contribution in [0.1, 0.15) is 12.0 Å². The summed E-state index contributed by atoms with van der Waals surface area (Å²) in [4.78, 5) is 16.9. The van der Waals surface area contributed by atoms with Gasteiger partial charge in [-0.15, -0.1) is 0 Å². The Labute approximate surface area is 155 Å². The van der Waals surface area contributed by atoms with E-state index in [-0.39, 0.29) is 5.91 Å². The third-order valence-corrected chi connectivity index (χ3v) is 4.79. The quantitative estimate of drug-likeness (QED) is 0.800. The Morgan fingerprint density at radius 1 is 0.923 bits per heavy atom. The van der Waals surface area contributed by atoms with Crippen LogP contribution < -0.4 is 14.4 Å². The summed E-state index contributed by atoms with van der Waals surface area (Å²) < 4.78 is 10.6. The first-order chi connectivity index (χ1) is 12.7. The van der Waals surface area contributed by atoms with Gasteiger partial charge in [0.15, 0.2) is 0 Å². The van der Waals surface area contributed by atoms with E-state index >= 15 is 0 Å². The van der Waals surface area contributed by atoms with E-state index in [2.05, 4.69) is 29.2 Å². The number of nitrogens with zero attached hydrogens (tertiary/aromatic N) is 2. The van der Waals surface area contributed by atoms with Crippen molar-refractivity contribution in [3.8, 4) is 11.5 Å². The first kappa shape index (κ1) is 18.1. The van der Waals surface area contributed by atoms with Gasteiger partial charge in [-0.3, -0.25) is 4.79 Å². The normalized spacial score (nSPS) is 14.2. The molecule has 0 aliphatic carbocycles. The first-order valence-electron chi connectivity index (χ1n) is 8.99. The van der Waals surface area contributed by atoms with E-state index in [4.69, 9.17) is 9.47 Å². The van der Waals surface area contributed by atoms with Crippen LogP contribution in [-0.2, 0) is 11.2 Å². The number of para-hydroxylation sites is 1. The van der Waals surface area contributed by atoms with E-state index in [1.165, 1.54) is 5.69 Å². The molecule has 0 bridgehead atoms. The van der Waals surface area contributed by atoms with Crippen LogP contribution in [-0.4, -0.2) is 51.2 Å². The molecule has 1 aliphatic rings. The molecular weight excluding hydrogens is 328 g/mol. The fraction of sp³-hybridized carbons (Fsp3) is 0.381. The number of methoxy groups -OCH3 is 2. The minimum absolute atomic E-state index is 0.208. The van der Waals surface area contributed by atoms with Crippen molar-refractivity contribution in [2.75, 3.05) is 45.3 Å². The highest BCUT2D eigenvalue weighted by Gasteiger charge is 2.21. The highest BCUT2D eigenvalue weighted by atomic mass is 16.5. The summed E-state index contributed by atoms with van der Waals surface area (Å²) >= 11 is 0. The zero-order valence-electron chi connectivity index (χ0n) is 15.5. The largest absolute Gasteiger partial charge is 0.497 e. The van der Waals surface area contributed by atoms with Crippen LogP contribution in [0.4, 0.5) is 5.69 Å². The lowest BCUT2D eigenvalue weighted by molar-refractivity contribution is -0.131. The molecule has 0 radical (unpaired) electrons. The number of hydrogen-bond donors (Lipinski definition) is 0. The van der Waals surface area contributed by atoms with Crippen molar-refractivity contribution < 1.29 is 14.3 Å². The number of anilines is 1. The Morgan fingerprint density at radius 3 is 2.12 bits per heavy atom. The molecule has 1 aliphatic heterocycles. The van der Waals surface area contributed by atoms with Gasteiger partial charge in [-0.05, 0) is 36.2 Å². The molecule has 138 valence electrons. The summed E-state index contributed by atoms with van der Waals surface area (Å²) in [5.74, 6) is 1.71. The van der Waals surface area contributed by atoms with Gasteiger partial charge in [0.1, 0.15) is 11.5 Å². The summed E-state index contributed by atoms with van der Waals surface area (Å²) in [7, 11) is 3.27. The van der Waals surface area contributed by atoms with Crippen molar-refractivity contribution in [3.05, 3.63) is 54.1 Å². The number of aryl methyl sites for hydroxylation is 1. The second kappa shape index (κ2) is 8.61. The van der Waals surface area contributed by atoms with Gasteiger partial charge < -0.3 is 19.3 Å². The molecule has 2 aromatic carbocycles. The van der Waals surface area contributed by atoms with E-state index in [0.29, 0.717) is 12.8 Å². The molecule has 0 N–H and O–H groups in total. The van der Waals surface area contributed by atoms with Gasteiger partial charge in [-0.1, -0.05) is 18.2 Å². The van der Waals surface area contributed by atoms with Crippen LogP contribution in [0.15, 0.2) is 48.5 Å². The summed E-state index contributed by atoms with van der Waals surface area (Å²) in [5.41, 5.74) is 2.28. The maximum atomic E-state index is 12.6. The number of amides is 1. The van der Waals surface area contributed by atoms with Crippen molar-refractivity contribution in [2.45, 2.75) is 12.8 Å². The molecule has 0 spiro atoms. The van der Waals surface area contributed by atoms with Crippen LogP contribution in [0.5, 0.6) is 11.5 Å². The van der Waals surface area contributed by atoms with Crippen molar-refractivity contribution in [2.24, 2.45) is 0 Å². The van der Waals surface area contributed by atoms with Gasteiger partial charge >= 0.3 is 0 Å². The van der Waals surface area contributed by atoms with Gasteiger partial charge in [-0.25, -0.2) is 0 Å². The van der Waals surface area contributed by atoms with Gasteiger partial charge in [0, 0.05) is 44.4 Å². The maximum Gasteiger partial charge on any atom is 0.223 e. The zero-order valence-corrected chi connectivity index (χ0v) is 15.5. The lowest BCUT2D eigenvalue weighted by atomic mass is 10.1. The standard InChI is InChI=1S/C21H26N2O3/c1-25-19-14-17(15-20(16-19)26-2)8-9-21(24)23-12-10-22(11-13-23)18-6-4-3-5-7-18/h3-7,14-16H,8-13H2,1-2H3. The number of benzene rings is 2. The Balaban J connectivity index is 1.52. The van der Waals surface area contributed by atoms with Crippen molar-refractivity contribution >= 4 is 11.6 Å². The molecule has 0 saturated carbocycles. The van der Waals surface area contributed by atoms with Gasteiger partial charge in [-0.2, -0.15) is 0 Å². The van der Waals surface area contributed by atoms with E-state index in [0.717, 1.165) is 43.2 Å². The smallest absolute Gasteiger partial charge is 0.223 e. The first-order valence-corrected chi connectivity index (χ1v) is 8.99. The minimum atomic E-state index is 0.208. The van der Waals surface area contributed by atoms with Crippen LogP contribution in [0.3, 0.4) is 0 Å². The molecule has 2 aromatic rings. The van der Waals surface area contributed by atoms with E-state index in [9.17, 15) is 4.79 Å². The molecule has 3 rings (SSSR count). The number of ether oxygens (including phenoxy) is 2. The molecular formula is C21H26N2O3. The molecule has 0 atom stereocenters. The van der Waals surface area contributed by atoms with Crippen LogP contribution in [0, 0.1) is 0 Å². The molecule has 0 unspecified atom stereocenters. The number of carbonyl (C=O) groups excluding carboxylic acids is 1. The number of carbonyl (C=O) groups is 1. The third kappa shape index (κ3) is 4.48. The molecule has 1 amide bonds. The predicted octanol–water partition coefficient (Wildman–Crippen LogP) is 2.99. The van der Waals surface area contributed by atoms with Gasteiger partial charge in [0.2, 0.25) is 5.91 Å². The molecule has 1 saturated heterocycles. The molecule has 5 heteroatoms. The summed E-state index contributed by atoms with van der Waals surface area (Å²) in [5, 5.41) is 0. The molecule has 5 nitrogen and oxygen atoms in total. The number of rotatable bonds is 6. The summed E-state index contributed by atoms with van der Waals surface area (Å²) in [6, 6.07) is 16.1. The lowest BCUT2D eigenvalue weighted by Crippen LogP contribution is -2.48. The topological polar surface area (TPSA) is 42.0 Å². The maximum absolute atomic E-state index is 12.6. The molecule has 1 fully saturated rings. The van der Waals surface area contributed by atoms with Crippen molar-refractivity contribution in [1.82, 2.24) is 4.90 Å². The molecule has 0 aromatic heterocycles. The minimum Gasteiger partial charge on any atom is -0.497 e. The summed E-state index contributed by atoms with van der Waals surface area (Å²) in [6.45, 7) is 3.30. The van der Waals surface area contributed by atoms with Crippen molar-refractivity contribution in [1.29, 1.82) is 0 Å². The molecule has 1 heterocycles. The van der Waals surface area contributed by atoms with Crippen LogP contribution >= 0.6 is 0 Å². The second-order valence-electron chi connectivity index (χ2n) is 6.42. The molecule has 26 heavy (non-hydrogen) atoms. The predicted molar refractivity (Wildman–Crippen MR) is 103 cm³/mol. The number of piperazine rings is 1. The second-order valence-corrected chi connectivity index (χ2v) is 6.42. The SMILES string of the molecule is COc1cc(CCC(=O)N2CCN(c3ccccc3)CC2)cc(OC)c1. The zero-order chi connectivity index (χ0) is 18.4. The number of hydrogen-bond acceptors (Lipinski definition) is 4. The van der Waals surface area contributed by atoms with Gasteiger partial charge in [0.05, 0.1) is 14.2 Å². The summed E-state index contributed by atoms with van der Waals surface area (Å²) in [6.07, 6.45) is 1.19. The highest BCUT2D eigenvalue weighted by Crippen LogP contribution is 2.23. The van der Waals surface area contributed by atoms with Gasteiger partial charge in [0.25, 0.3) is 0 Å². The Morgan fingerprint density at radius 2 is 1.54 bits per heavy atom. The Kier molecular flexibility index (Phi) is 6.00. The fourth-order valence-corrected chi connectivity index (χ4v) is 3.27. The third-order valence-electron chi connectivity index (χ3n) is 4.79. The van der Waals surface area contributed by atoms with Crippen LogP contribution in [0.2, 0.25) is 0 Å². The lowest BCUT2D eigenvalue weighted by Gasteiger charge is -2.36. The van der Waals surface area contributed by atoms with E-state index < -0.39 is 0 Å². The Bertz CT molecular complexity index is 703. The highest BCUT2D eigenvalue weighted by molar-refractivity contribution is 5.77. The monoisotopic (exact) mass is 354 g/mol. The van der Waals surface area contributed by atoms with E-state index in [1.54, 1.807) is 14.2 Å². The fourth-order valence-electron chi connectivity index (χ4n) is 3.27. The average molecular weight is 354 g/mol.